The molecule has 0 aliphatic heterocycles. The van der Waals surface area contributed by atoms with Gasteiger partial charge in [-0.15, -0.1) is 0 Å². The molecular formula is C54H54. The van der Waals surface area contributed by atoms with Gasteiger partial charge >= 0.3 is 0 Å². The quantitative estimate of drug-likeness (QED) is 0.172. The molecule has 0 N–H and O–H groups in total. The molecule has 0 aromatic heterocycles. The van der Waals surface area contributed by atoms with Crippen molar-refractivity contribution in [3.05, 3.63) is 201 Å². The van der Waals surface area contributed by atoms with Gasteiger partial charge in [0.05, 0.1) is 0 Å². The third-order valence-corrected chi connectivity index (χ3v) is 10.9. The van der Waals surface area contributed by atoms with Crippen LogP contribution in [0, 0.1) is 69.2 Å². The summed E-state index contributed by atoms with van der Waals surface area (Å²) >= 11 is 0. The monoisotopic (exact) mass is 702 g/mol. The summed E-state index contributed by atoms with van der Waals surface area (Å²) < 4.78 is 0. The maximum atomic E-state index is 2.24. The van der Waals surface area contributed by atoms with Crippen molar-refractivity contribution in [3.63, 3.8) is 0 Å². The van der Waals surface area contributed by atoms with Crippen molar-refractivity contribution < 1.29 is 0 Å². The molecule has 0 spiro atoms. The van der Waals surface area contributed by atoms with Crippen LogP contribution in [0.1, 0.15) is 55.6 Å². The fourth-order valence-electron chi connectivity index (χ4n) is 8.26. The lowest BCUT2D eigenvalue weighted by molar-refractivity contribution is 1.32. The normalized spacial score (nSPS) is 10.8. The first kappa shape index (κ1) is 38.0. The van der Waals surface area contributed by atoms with Crippen molar-refractivity contribution in [2.75, 3.05) is 0 Å². The lowest BCUT2D eigenvalue weighted by Gasteiger charge is -2.16. The molecule has 0 unspecified atom stereocenters. The maximum Gasteiger partial charge on any atom is -0.00672 e. The largest absolute Gasteiger partial charge is 0.0617 e. The second-order valence-electron chi connectivity index (χ2n) is 15.0. The average Bonchev–Trinajstić information content (AvgIpc) is 3.15. The standard InChI is InChI=1S/C22H18.2C16H18/c1-15-11-13-17-7-3-5-9-19(17)21(15)22-16(2)12-14-18-8-4-6-10-20(18)22;2*1-11-7-5-8-12(2)15(11)16-13(3)9-6-10-14(16)4/h3-14H,1-2H3;2*5-10H,1-4H3. The maximum absolute atomic E-state index is 2.24. The first-order chi connectivity index (χ1) is 26.0. The number of aryl methyl sites for hydroxylation is 10. The van der Waals surface area contributed by atoms with Crippen molar-refractivity contribution in [1.29, 1.82) is 0 Å². The van der Waals surface area contributed by atoms with E-state index < -0.39 is 0 Å². The van der Waals surface area contributed by atoms with Crippen LogP contribution in [0.4, 0.5) is 0 Å². The zero-order valence-corrected chi connectivity index (χ0v) is 33.9. The lowest BCUT2D eigenvalue weighted by atomic mass is 9.88. The van der Waals surface area contributed by atoms with Gasteiger partial charge in [0.1, 0.15) is 0 Å². The number of rotatable bonds is 3. The fourth-order valence-corrected chi connectivity index (χ4v) is 8.26. The van der Waals surface area contributed by atoms with Gasteiger partial charge in [-0.3, -0.25) is 0 Å². The number of fused-ring (bicyclic) bond motifs is 2. The molecule has 0 aliphatic carbocycles. The summed E-state index contributed by atoms with van der Waals surface area (Å²) in [6, 6.07) is 52.3. The number of hydrogen-bond acceptors (Lipinski definition) is 0. The molecule has 0 fully saturated rings. The summed E-state index contributed by atoms with van der Waals surface area (Å²) in [5.41, 5.74) is 21.9. The summed E-state index contributed by atoms with van der Waals surface area (Å²) in [5.74, 6) is 0. The van der Waals surface area contributed by atoms with Crippen LogP contribution in [0.3, 0.4) is 0 Å². The van der Waals surface area contributed by atoms with Gasteiger partial charge in [0, 0.05) is 0 Å². The summed E-state index contributed by atoms with van der Waals surface area (Å²) in [7, 11) is 0. The molecule has 0 amide bonds. The highest BCUT2D eigenvalue weighted by Crippen LogP contribution is 2.39. The zero-order chi connectivity index (χ0) is 38.5. The summed E-state index contributed by atoms with van der Waals surface area (Å²) in [4.78, 5) is 0. The Morgan fingerprint density at radius 1 is 0.185 bits per heavy atom. The smallest absolute Gasteiger partial charge is 0.00672 e. The van der Waals surface area contributed by atoms with Crippen molar-refractivity contribution in [1.82, 2.24) is 0 Å². The van der Waals surface area contributed by atoms with E-state index >= 15 is 0 Å². The summed E-state index contributed by atoms with van der Waals surface area (Å²) in [6.07, 6.45) is 0. The van der Waals surface area contributed by atoms with E-state index in [0.717, 1.165) is 0 Å². The van der Waals surface area contributed by atoms with E-state index in [1.54, 1.807) is 0 Å². The van der Waals surface area contributed by atoms with Gasteiger partial charge in [0.2, 0.25) is 0 Å². The third kappa shape index (κ3) is 7.80. The molecule has 0 bridgehead atoms. The summed E-state index contributed by atoms with van der Waals surface area (Å²) in [6.45, 7) is 21.9. The second kappa shape index (κ2) is 16.5. The van der Waals surface area contributed by atoms with Crippen LogP contribution in [0.15, 0.2) is 146 Å². The lowest BCUT2D eigenvalue weighted by Crippen LogP contribution is -1.93. The average molecular weight is 703 g/mol. The van der Waals surface area contributed by atoms with Crippen LogP contribution in [0.2, 0.25) is 0 Å². The highest BCUT2D eigenvalue weighted by Gasteiger charge is 2.14. The Hall–Kier alpha value is -5.72. The van der Waals surface area contributed by atoms with Crippen LogP contribution >= 0.6 is 0 Å². The molecule has 8 aromatic rings. The van der Waals surface area contributed by atoms with Crippen LogP contribution in [0.5, 0.6) is 0 Å². The molecule has 0 saturated carbocycles. The van der Waals surface area contributed by atoms with Crippen molar-refractivity contribution in [2.45, 2.75) is 69.2 Å². The SMILES string of the molecule is Cc1ccc2ccccc2c1-c1c(C)ccc2ccccc12.Cc1cccc(C)c1-c1c(C)cccc1C.Cc1cccc(C)c1-c1c(C)cccc1C. The minimum Gasteiger partial charge on any atom is -0.0617 e. The molecule has 0 aliphatic rings. The molecule has 270 valence electrons. The number of hydrogen-bond donors (Lipinski definition) is 0. The van der Waals surface area contributed by atoms with E-state index in [2.05, 4.69) is 215 Å². The van der Waals surface area contributed by atoms with Gasteiger partial charge in [-0.1, -0.05) is 146 Å². The Balaban J connectivity index is 0.000000141. The second-order valence-corrected chi connectivity index (χ2v) is 15.0. The van der Waals surface area contributed by atoms with Gasteiger partial charge < -0.3 is 0 Å². The Kier molecular flexibility index (Phi) is 11.6. The predicted molar refractivity (Wildman–Crippen MR) is 238 cm³/mol. The van der Waals surface area contributed by atoms with Crippen LogP contribution in [-0.2, 0) is 0 Å². The molecular weight excluding hydrogens is 649 g/mol. The van der Waals surface area contributed by atoms with E-state index in [9.17, 15) is 0 Å². The van der Waals surface area contributed by atoms with Crippen LogP contribution < -0.4 is 0 Å². The minimum absolute atomic E-state index is 1.30. The Bertz CT molecular complexity index is 2230. The van der Waals surface area contributed by atoms with Crippen LogP contribution in [-0.4, -0.2) is 0 Å². The van der Waals surface area contributed by atoms with E-state index in [4.69, 9.17) is 0 Å². The Labute approximate surface area is 324 Å². The predicted octanol–water partition coefficient (Wildman–Crippen LogP) is 15.5. The van der Waals surface area contributed by atoms with Gasteiger partial charge in [0.15, 0.2) is 0 Å². The first-order valence-electron chi connectivity index (χ1n) is 19.2. The molecule has 0 nitrogen and oxygen atoms in total. The Morgan fingerprint density at radius 3 is 0.667 bits per heavy atom. The molecule has 8 rings (SSSR count). The van der Waals surface area contributed by atoms with E-state index in [1.807, 2.05) is 0 Å². The molecule has 0 radical (unpaired) electrons. The molecule has 0 heteroatoms. The van der Waals surface area contributed by atoms with Crippen molar-refractivity contribution >= 4 is 21.5 Å². The highest BCUT2D eigenvalue weighted by molar-refractivity contribution is 6.07. The van der Waals surface area contributed by atoms with Gasteiger partial charge in [-0.25, -0.2) is 0 Å². The number of benzene rings is 8. The zero-order valence-electron chi connectivity index (χ0n) is 33.9. The Morgan fingerprint density at radius 2 is 0.407 bits per heavy atom. The van der Waals surface area contributed by atoms with Gasteiger partial charge in [-0.2, -0.15) is 0 Å². The third-order valence-electron chi connectivity index (χ3n) is 10.9. The van der Waals surface area contributed by atoms with E-state index in [1.165, 1.54) is 111 Å². The minimum atomic E-state index is 1.30. The van der Waals surface area contributed by atoms with E-state index in [-0.39, 0.29) is 0 Å². The fraction of sp³-hybridized carbons (Fsp3) is 0.185. The first-order valence-corrected chi connectivity index (χ1v) is 19.2. The van der Waals surface area contributed by atoms with Crippen molar-refractivity contribution in [3.8, 4) is 33.4 Å². The van der Waals surface area contributed by atoms with Gasteiger partial charge in [0.25, 0.3) is 0 Å². The van der Waals surface area contributed by atoms with Crippen LogP contribution in [0.25, 0.3) is 54.9 Å². The van der Waals surface area contributed by atoms with E-state index in [0.29, 0.717) is 0 Å². The molecule has 8 aromatic carbocycles. The molecule has 0 atom stereocenters. The molecule has 54 heavy (non-hydrogen) atoms. The topological polar surface area (TPSA) is 0 Å². The van der Waals surface area contributed by atoms with Crippen molar-refractivity contribution in [2.24, 2.45) is 0 Å². The molecule has 0 heterocycles. The van der Waals surface area contributed by atoms with Gasteiger partial charge in [-0.05, 0) is 180 Å². The highest BCUT2D eigenvalue weighted by atomic mass is 14.2. The molecule has 0 saturated heterocycles. The summed E-state index contributed by atoms with van der Waals surface area (Å²) in [5, 5.41) is 5.27.